The molecule has 0 bridgehead atoms. The second-order valence-electron chi connectivity index (χ2n) is 6.49. The lowest BCUT2D eigenvalue weighted by atomic mass is 9.99. The van der Waals surface area contributed by atoms with E-state index in [2.05, 4.69) is 11.6 Å². The molecular weight excluding hydrogens is 352 g/mol. The Morgan fingerprint density at radius 2 is 2.12 bits per heavy atom. The molecule has 0 saturated carbocycles. The van der Waals surface area contributed by atoms with Crippen LogP contribution in [0.3, 0.4) is 0 Å². The second kappa shape index (κ2) is 8.05. The molecule has 1 aliphatic rings. The predicted octanol–water partition coefficient (Wildman–Crippen LogP) is 3.16. The Labute approximate surface area is 154 Å². The molecule has 140 valence electrons. The van der Waals surface area contributed by atoms with E-state index in [1.165, 1.54) is 18.4 Å². The molecule has 1 unspecified atom stereocenters. The third-order valence-corrected chi connectivity index (χ3v) is 6.17. The van der Waals surface area contributed by atoms with Crippen molar-refractivity contribution in [3.63, 3.8) is 0 Å². The molecule has 26 heavy (non-hydrogen) atoms. The zero-order chi connectivity index (χ0) is 18.6. The van der Waals surface area contributed by atoms with E-state index in [9.17, 15) is 13.2 Å². The van der Waals surface area contributed by atoms with Gasteiger partial charge in [-0.15, -0.1) is 0 Å². The molecule has 6 nitrogen and oxygen atoms in total. The van der Waals surface area contributed by atoms with Crippen molar-refractivity contribution in [2.75, 3.05) is 6.54 Å². The molecule has 0 radical (unpaired) electrons. The highest BCUT2D eigenvalue weighted by Gasteiger charge is 2.27. The zero-order valence-corrected chi connectivity index (χ0v) is 15.7. The average Bonchev–Trinajstić information content (AvgIpc) is 3.20. The molecule has 1 saturated heterocycles. The molecule has 1 aromatic carbocycles. The summed E-state index contributed by atoms with van der Waals surface area (Å²) in [7, 11) is -3.72. The van der Waals surface area contributed by atoms with Gasteiger partial charge in [0, 0.05) is 18.2 Å². The highest BCUT2D eigenvalue weighted by Crippen LogP contribution is 2.23. The van der Waals surface area contributed by atoms with E-state index in [0.29, 0.717) is 11.3 Å². The predicted molar refractivity (Wildman–Crippen MR) is 98.1 cm³/mol. The van der Waals surface area contributed by atoms with Crippen LogP contribution >= 0.6 is 0 Å². The topological polar surface area (TPSA) is 79.6 Å². The van der Waals surface area contributed by atoms with Crippen molar-refractivity contribution in [1.82, 2.24) is 9.62 Å². The number of hydrogen-bond acceptors (Lipinski definition) is 4. The standard InChI is InChI=1S/C19H24N2O4S/c1-2-16-8-3-4-11-21(16)19(22)15-7-5-10-18(13-15)26(23,24)20-14-17-9-6-12-25-17/h5-7,9-10,12-13,16,20H,2-4,8,11,14H2,1H3. The minimum Gasteiger partial charge on any atom is -0.468 e. The number of carbonyl (C=O) groups excluding carboxylic acids is 1. The number of furan rings is 1. The van der Waals surface area contributed by atoms with Crippen LogP contribution in [0.25, 0.3) is 0 Å². The maximum Gasteiger partial charge on any atom is 0.254 e. The number of hydrogen-bond donors (Lipinski definition) is 1. The number of nitrogens with one attached hydrogen (secondary N) is 1. The van der Waals surface area contributed by atoms with Gasteiger partial charge in [0.25, 0.3) is 5.91 Å². The van der Waals surface area contributed by atoms with Crippen LogP contribution in [0.5, 0.6) is 0 Å². The molecule has 7 heteroatoms. The van der Waals surface area contributed by atoms with Crippen LogP contribution in [0.1, 0.15) is 48.7 Å². The third-order valence-electron chi connectivity index (χ3n) is 4.77. The fourth-order valence-electron chi connectivity index (χ4n) is 3.32. The maximum absolute atomic E-state index is 12.9. The van der Waals surface area contributed by atoms with E-state index in [0.717, 1.165) is 32.2 Å². The Morgan fingerprint density at radius 1 is 1.27 bits per heavy atom. The first-order valence-corrected chi connectivity index (χ1v) is 10.4. The van der Waals surface area contributed by atoms with E-state index in [1.807, 2.05) is 4.90 Å². The van der Waals surface area contributed by atoms with Crippen LogP contribution in [-0.2, 0) is 16.6 Å². The van der Waals surface area contributed by atoms with Gasteiger partial charge in [-0.2, -0.15) is 0 Å². The van der Waals surface area contributed by atoms with E-state index in [1.54, 1.807) is 24.3 Å². The van der Waals surface area contributed by atoms with Gasteiger partial charge in [-0.3, -0.25) is 4.79 Å². The normalized spacial score (nSPS) is 18.0. The molecule has 2 heterocycles. The first kappa shape index (κ1) is 18.7. The first-order valence-electron chi connectivity index (χ1n) is 8.94. The summed E-state index contributed by atoms with van der Waals surface area (Å²) in [6.45, 7) is 2.87. The van der Waals surface area contributed by atoms with Crippen LogP contribution in [-0.4, -0.2) is 31.8 Å². The Kier molecular flexibility index (Phi) is 5.78. The maximum atomic E-state index is 12.9. The summed E-state index contributed by atoms with van der Waals surface area (Å²) in [4.78, 5) is 14.9. The Balaban J connectivity index is 1.77. The highest BCUT2D eigenvalue weighted by atomic mass is 32.2. The highest BCUT2D eigenvalue weighted by molar-refractivity contribution is 7.89. The number of likely N-dealkylation sites (tertiary alicyclic amines) is 1. The van der Waals surface area contributed by atoms with Crippen LogP contribution in [0.4, 0.5) is 0 Å². The van der Waals surface area contributed by atoms with E-state index >= 15 is 0 Å². The van der Waals surface area contributed by atoms with E-state index in [4.69, 9.17) is 4.42 Å². The molecule has 1 fully saturated rings. The monoisotopic (exact) mass is 376 g/mol. The van der Waals surface area contributed by atoms with Crippen molar-refractivity contribution in [3.05, 3.63) is 54.0 Å². The van der Waals surface area contributed by atoms with Crippen molar-refractivity contribution < 1.29 is 17.6 Å². The van der Waals surface area contributed by atoms with Gasteiger partial charge < -0.3 is 9.32 Å². The molecule has 0 aliphatic carbocycles. The molecule has 0 spiro atoms. The van der Waals surface area contributed by atoms with Crippen molar-refractivity contribution in [3.8, 4) is 0 Å². The van der Waals surface area contributed by atoms with Gasteiger partial charge in [0.05, 0.1) is 17.7 Å². The number of amides is 1. The van der Waals surface area contributed by atoms with Crippen LogP contribution < -0.4 is 4.72 Å². The van der Waals surface area contributed by atoms with Gasteiger partial charge >= 0.3 is 0 Å². The van der Waals surface area contributed by atoms with Crippen molar-refractivity contribution >= 4 is 15.9 Å². The lowest BCUT2D eigenvalue weighted by Gasteiger charge is -2.35. The average molecular weight is 376 g/mol. The molecule has 1 aromatic heterocycles. The molecular formula is C19H24N2O4S. The number of carbonyl (C=O) groups is 1. The van der Waals surface area contributed by atoms with Crippen molar-refractivity contribution in [2.45, 2.75) is 50.1 Å². The summed E-state index contributed by atoms with van der Waals surface area (Å²) in [5, 5.41) is 0. The fourth-order valence-corrected chi connectivity index (χ4v) is 4.36. The molecule has 1 atom stereocenters. The Hall–Kier alpha value is -2.12. The smallest absolute Gasteiger partial charge is 0.254 e. The lowest BCUT2D eigenvalue weighted by molar-refractivity contribution is 0.0608. The summed E-state index contributed by atoms with van der Waals surface area (Å²) < 4.78 is 32.7. The number of piperidine rings is 1. The van der Waals surface area contributed by atoms with E-state index < -0.39 is 10.0 Å². The number of benzene rings is 1. The van der Waals surface area contributed by atoms with Crippen molar-refractivity contribution in [2.24, 2.45) is 0 Å². The summed E-state index contributed by atoms with van der Waals surface area (Å²) >= 11 is 0. The molecule has 1 amide bonds. The molecule has 2 aromatic rings. The van der Waals surface area contributed by atoms with Gasteiger partial charge in [0.2, 0.25) is 10.0 Å². The molecule has 1 aliphatic heterocycles. The largest absolute Gasteiger partial charge is 0.468 e. The lowest BCUT2D eigenvalue weighted by Crippen LogP contribution is -2.43. The van der Waals surface area contributed by atoms with Gasteiger partial charge in [0.1, 0.15) is 5.76 Å². The van der Waals surface area contributed by atoms with Crippen LogP contribution in [0.15, 0.2) is 52.0 Å². The van der Waals surface area contributed by atoms with Crippen molar-refractivity contribution in [1.29, 1.82) is 0 Å². The minimum atomic E-state index is -3.72. The number of rotatable bonds is 6. The summed E-state index contributed by atoms with van der Waals surface area (Å²) in [5.74, 6) is 0.430. The zero-order valence-electron chi connectivity index (χ0n) is 14.8. The van der Waals surface area contributed by atoms with Crippen LogP contribution in [0, 0.1) is 0 Å². The second-order valence-corrected chi connectivity index (χ2v) is 8.26. The number of nitrogens with zero attached hydrogens (tertiary/aromatic N) is 1. The minimum absolute atomic E-state index is 0.0670. The molecule has 3 rings (SSSR count). The third kappa shape index (κ3) is 4.16. The summed E-state index contributed by atoms with van der Waals surface area (Å²) in [6, 6.07) is 9.86. The molecule has 1 N–H and O–H groups in total. The van der Waals surface area contributed by atoms with Gasteiger partial charge in [-0.1, -0.05) is 13.0 Å². The quantitative estimate of drug-likeness (QED) is 0.840. The van der Waals surface area contributed by atoms with Gasteiger partial charge in [-0.05, 0) is 56.0 Å². The summed E-state index contributed by atoms with van der Waals surface area (Å²) in [6.07, 6.45) is 5.53. The van der Waals surface area contributed by atoms with Gasteiger partial charge in [-0.25, -0.2) is 13.1 Å². The van der Waals surface area contributed by atoms with Crippen LogP contribution in [0.2, 0.25) is 0 Å². The van der Waals surface area contributed by atoms with E-state index in [-0.39, 0.29) is 23.4 Å². The fraction of sp³-hybridized carbons (Fsp3) is 0.421. The first-order chi connectivity index (χ1) is 12.5. The Bertz CT molecular complexity index is 846. The summed E-state index contributed by atoms with van der Waals surface area (Å²) in [5.41, 5.74) is 0.409. The number of sulfonamides is 1. The van der Waals surface area contributed by atoms with Gasteiger partial charge in [0.15, 0.2) is 0 Å². The SMILES string of the molecule is CCC1CCCCN1C(=O)c1cccc(S(=O)(=O)NCc2ccco2)c1. The Morgan fingerprint density at radius 3 is 2.85 bits per heavy atom.